The van der Waals surface area contributed by atoms with Crippen molar-refractivity contribution in [2.24, 2.45) is 0 Å². The maximum absolute atomic E-state index is 12.1. The zero-order chi connectivity index (χ0) is 18.9. The average Bonchev–Trinajstić information content (AvgIpc) is 3.30. The van der Waals surface area contributed by atoms with Crippen LogP contribution in [-0.2, 0) is 16.4 Å². The van der Waals surface area contributed by atoms with Gasteiger partial charge in [-0.3, -0.25) is 4.90 Å². The predicted octanol–water partition coefficient (Wildman–Crippen LogP) is 3.13. The Morgan fingerprint density at radius 3 is 2.48 bits per heavy atom. The number of hydrogen-bond acceptors (Lipinski definition) is 4. The first-order valence-corrected chi connectivity index (χ1v) is 11.1. The van der Waals surface area contributed by atoms with Gasteiger partial charge in [0.2, 0.25) is 10.0 Å². The third kappa shape index (κ3) is 3.74. The molecule has 2 aromatic carbocycles. The molecule has 1 saturated heterocycles. The molecule has 2 aliphatic rings. The fourth-order valence-corrected chi connectivity index (χ4v) is 5.23. The van der Waals surface area contributed by atoms with Gasteiger partial charge in [0.05, 0.1) is 10.9 Å². The molecule has 2 atom stereocenters. The van der Waals surface area contributed by atoms with Crippen LogP contribution >= 0.6 is 0 Å². The van der Waals surface area contributed by atoms with Gasteiger partial charge in [-0.05, 0) is 67.7 Å². The van der Waals surface area contributed by atoms with Crippen LogP contribution < -0.4 is 9.46 Å². The van der Waals surface area contributed by atoms with Gasteiger partial charge in [-0.1, -0.05) is 31.2 Å². The van der Waals surface area contributed by atoms with Gasteiger partial charge >= 0.3 is 0 Å². The summed E-state index contributed by atoms with van der Waals surface area (Å²) in [6.07, 6.45) is 3.48. The molecule has 0 spiro atoms. The third-order valence-electron chi connectivity index (χ3n) is 5.48. The second-order valence-electron chi connectivity index (χ2n) is 7.22. The molecule has 0 amide bonds. The summed E-state index contributed by atoms with van der Waals surface area (Å²) in [6.45, 7) is 4.39. The molecular weight excluding hydrogens is 360 g/mol. The first-order valence-electron chi connectivity index (χ1n) is 9.67. The smallest absolute Gasteiger partial charge is 0.240 e. The van der Waals surface area contributed by atoms with Gasteiger partial charge in [0, 0.05) is 6.54 Å². The lowest BCUT2D eigenvalue weighted by Gasteiger charge is -2.30. The summed E-state index contributed by atoms with van der Waals surface area (Å²) >= 11 is 0. The molecule has 1 fully saturated rings. The highest BCUT2D eigenvalue weighted by Crippen LogP contribution is 2.39. The van der Waals surface area contributed by atoms with Crippen molar-refractivity contribution in [3.63, 3.8) is 0 Å². The van der Waals surface area contributed by atoms with Crippen LogP contribution in [0.1, 0.15) is 37.0 Å². The minimum Gasteiger partial charge on any atom is -0.484 e. The van der Waals surface area contributed by atoms with Crippen LogP contribution in [0.5, 0.6) is 5.75 Å². The van der Waals surface area contributed by atoms with E-state index >= 15 is 0 Å². The molecule has 1 heterocycles. The van der Waals surface area contributed by atoms with Gasteiger partial charge in [-0.2, -0.15) is 0 Å². The minimum atomic E-state index is -3.44. The van der Waals surface area contributed by atoms with Crippen LogP contribution in [0.15, 0.2) is 53.4 Å². The van der Waals surface area contributed by atoms with Gasteiger partial charge in [0.25, 0.3) is 0 Å². The molecule has 0 bridgehead atoms. The second kappa shape index (κ2) is 7.62. The molecule has 1 aliphatic heterocycles. The largest absolute Gasteiger partial charge is 0.484 e. The van der Waals surface area contributed by atoms with Gasteiger partial charge in [-0.25, -0.2) is 13.1 Å². The van der Waals surface area contributed by atoms with Gasteiger partial charge in [0.1, 0.15) is 11.9 Å². The molecule has 6 heteroatoms. The highest BCUT2D eigenvalue weighted by atomic mass is 32.2. The maximum atomic E-state index is 12.1. The Morgan fingerprint density at radius 2 is 1.78 bits per heavy atom. The van der Waals surface area contributed by atoms with E-state index in [-0.39, 0.29) is 11.0 Å². The number of benzene rings is 2. The van der Waals surface area contributed by atoms with Crippen molar-refractivity contribution in [3.05, 3.63) is 59.7 Å². The van der Waals surface area contributed by atoms with E-state index in [1.54, 1.807) is 31.2 Å². The van der Waals surface area contributed by atoms with Gasteiger partial charge in [-0.15, -0.1) is 0 Å². The van der Waals surface area contributed by atoms with Crippen LogP contribution in [-0.4, -0.2) is 39.0 Å². The number of nitrogens with zero attached hydrogens (tertiary/aromatic N) is 1. The Kier molecular flexibility index (Phi) is 5.21. The standard InChI is InChI=1S/C21H26N2O3S/c1-2-22-27(24,25)18-11-9-17(10-12-18)26-21-19-8-4-3-7-16(19)15-20(21)23-13-5-6-14-23/h3-4,7-12,20-22H,2,5-6,13-15H2,1H3/t20-,21-/m1/s1. The summed E-state index contributed by atoms with van der Waals surface area (Å²) in [5.74, 6) is 0.705. The minimum absolute atomic E-state index is 0.0180. The number of fused-ring (bicyclic) bond motifs is 1. The summed E-state index contributed by atoms with van der Waals surface area (Å²) in [5, 5.41) is 0. The SMILES string of the molecule is CCNS(=O)(=O)c1ccc(O[C@@H]2c3ccccc3C[C@H]2N2CCCC2)cc1. The van der Waals surface area contributed by atoms with Crippen molar-refractivity contribution in [3.8, 4) is 5.75 Å². The summed E-state index contributed by atoms with van der Waals surface area (Å²) < 4.78 is 33.1. The van der Waals surface area contributed by atoms with Crippen LogP contribution in [0.25, 0.3) is 0 Å². The lowest BCUT2D eigenvalue weighted by Crippen LogP contribution is -2.38. The predicted molar refractivity (Wildman–Crippen MR) is 105 cm³/mol. The van der Waals surface area contributed by atoms with E-state index in [2.05, 4.69) is 33.9 Å². The molecule has 27 heavy (non-hydrogen) atoms. The van der Waals surface area contributed by atoms with Crippen LogP contribution in [0, 0.1) is 0 Å². The number of rotatable bonds is 6. The van der Waals surface area contributed by atoms with Crippen LogP contribution in [0.2, 0.25) is 0 Å². The van der Waals surface area contributed by atoms with Crippen molar-refractivity contribution in [1.29, 1.82) is 0 Å². The molecule has 1 aliphatic carbocycles. The van der Waals surface area contributed by atoms with E-state index in [9.17, 15) is 8.42 Å². The molecule has 0 saturated carbocycles. The summed E-state index contributed by atoms with van der Waals surface area (Å²) in [7, 11) is -3.44. The Hall–Kier alpha value is -1.89. The Morgan fingerprint density at radius 1 is 1.07 bits per heavy atom. The number of sulfonamides is 1. The lowest BCUT2D eigenvalue weighted by molar-refractivity contribution is 0.0940. The molecule has 0 unspecified atom stereocenters. The molecule has 144 valence electrons. The fraction of sp³-hybridized carbons (Fsp3) is 0.429. The Labute approximate surface area is 161 Å². The van der Waals surface area contributed by atoms with E-state index in [1.165, 1.54) is 24.0 Å². The lowest BCUT2D eigenvalue weighted by atomic mass is 10.1. The number of hydrogen-bond donors (Lipinski definition) is 1. The van der Waals surface area contributed by atoms with Crippen molar-refractivity contribution >= 4 is 10.0 Å². The maximum Gasteiger partial charge on any atom is 0.240 e. The molecule has 5 nitrogen and oxygen atoms in total. The van der Waals surface area contributed by atoms with Gasteiger partial charge < -0.3 is 4.74 Å². The number of ether oxygens (including phenoxy) is 1. The van der Waals surface area contributed by atoms with Crippen molar-refractivity contribution in [1.82, 2.24) is 9.62 Å². The van der Waals surface area contributed by atoms with Crippen molar-refractivity contribution < 1.29 is 13.2 Å². The molecule has 0 radical (unpaired) electrons. The average molecular weight is 387 g/mol. The summed E-state index contributed by atoms with van der Waals surface area (Å²) in [6, 6.07) is 15.6. The Balaban J connectivity index is 1.57. The second-order valence-corrected chi connectivity index (χ2v) is 8.99. The quantitative estimate of drug-likeness (QED) is 0.829. The zero-order valence-corrected chi connectivity index (χ0v) is 16.4. The molecular formula is C21H26N2O3S. The Bertz CT molecular complexity index is 890. The number of likely N-dealkylation sites (tertiary alicyclic amines) is 1. The van der Waals surface area contributed by atoms with Crippen molar-refractivity contribution in [2.45, 2.75) is 43.2 Å². The molecule has 4 rings (SSSR count). The first-order chi connectivity index (χ1) is 13.1. The van der Waals surface area contributed by atoms with E-state index in [1.807, 2.05) is 0 Å². The monoisotopic (exact) mass is 386 g/mol. The van der Waals surface area contributed by atoms with E-state index in [4.69, 9.17) is 4.74 Å². The van der Waals surface area contributed by atoms with E-state index < -0.39 is 10.0 Å². The first kappa shape index (κ1) is 18.5. The fourth-order valence-electron chi connectivity index (χ4n) is 4.19. The van der Waals surface area contributed by atoms with Gasteiger partial charge in [0.15, 0.2) is 0 Å². The molecule has 1 N–H and O–H groups in total. The summed E-state index contributed by atoms with van der Waals surface area (Å²) in [4.78, 5) is 2.80. The highest BCUT2D eigenvalue weighted by molar-refractivity contribution is 7.89. The highest BCUT2D eigenvalue weighted by Gasteiger charge is 2.38. The molecule has 2 aromatic rings. The van der Waals surface area contributed by atoms with E-state index in [0.717, 1.165) is 19.5 Å². The van der Waals surface area contributed by atoms with E-state index in [0.29, 0.717) is 18.3 Å². The van der Waals surface area contributed by atoms with Crippen LogP contribution in [0.4, 0.5) is 0 Å². The third-order valence-corrected chi connectivity index (χ3v) is 7.04. The normalized spacial score (nSPS) is 22.7. The van der Waals surface area contributed by atoms with Crippen LogP contribution in [0.3, 0.4) is 0 Å². The number of nitrogens with one attached hydrogen (secondary N) is 1. The summed E-state index contributed by atoms with van der Waals surface area (Å²) in [5.41, 5.74) is 2.60. The zero-order valence-electron chi connectivity index (χ0n) is 15.6. The topological polar surface area (TPSA) is 58.6 Å². The van der Waals surface area contributed by atoms with Crippen molar-refractivity contribution in [2.75, 3.05) is 19.6 Å². The molecule has 0 aromatic heterocycles.